The molecule has 0 unspecified atom stereocenters. The van der Waals surface area contributed by atoms with Crippen molar-refractivity contribution in [2.24, 2.45) is 12.8 Å². The zero-order valence-electron chi connectivity index (χ0n) is 18.7. The van der Waals surface area contributed by atoms with E-state index in [4.69, 9.17) is 16.9 Å². The third-order valence-electron chi connectivity index (χ3n) is 6.37. The van der Waals surface area contributed by atoms with Crippen molar-refractivity contribution >= 4 is 16.9 Å². The number of aromatic nitrogens is 3. The first-order valence-electron chi connectivity index (χ1n) is 10.7. The van der Waals surface area contributed by atoms with Crippen LogP contribution in [0.3, 0.4) is 0 Å². The van der Waals surface area contributed by atoms with Gasteiger partial charge in [0.25, 0.3) is 5.56 Å². The number of nitrogens with one attached hydrogen (secondary N) is 1. The number of benzene rings is 1. The maximum Gasteiger partial charge on any atom is 0.416 e. The van der Waals surface area contributed by atoms with E-state index in [1.165, 1.54) is 23.9 Å². The summed E-state index contributed by atoms with van der Waals surface area (Å²) >= 11 is 0. The number of ether oxygens (including phenoxy) is 1. The number of nitrogens with zero attached hydrogens (tertiary/aromatic N) is 3. The summed E-state index contributed by atoms with van der Waals surface area (Å²) in [5.74, 6) is 2.80. The summed E-state index contributed by atoms with van der Waals surface area (Å²) in [7, 11) is 1.59. The molecule has 1 saturated heterocycles. The standard InChI is InChI=1S/C24H24F3N5O2/c1-4-19(15-6-5-7-17(14(15)2)24(25,26)27)31-20-16-12-18(23(28)8-10-34-11-9-23)22(33)32(3)21(16)30-13-29-20/h1,5-7,12-13,19H,8-11,28H2,2-3H3,(H,29,30,31)/t19-/m1/s1. The Morgan fingerprint density at radius 3 is 2.65 bits per heavy atom. The number of aryl methyl sites for hydroxylation is 1. The molecule has 0 amide bonds. The van der Waals surface area contributed by atoms with Gasteiger partial charge in [0.05, 0.1) is 16.5 Å². The molecule has 7 nitrogen and oxygen atoms in total. The van der Waals surface area contributed by atoms with Crippen LogP contribution in [0.25, 0.3) is 11.0 Å². The molecule has 3 aromatic rings. The molecular weight excluding hydrogens is 447 g/mol. The third kappa shape index (κ3) is 4.13. The molecule has 178 valence electrons. The molecule has 3 heterocycles. The Morgan fingerprint density at radius 1 is 1.29 bits per heavy atom. The molecule has 0 spiro atoms. The third-order valence-corrected chi connectivity index (χ3v) is 6.37. The molecule has 3 N–H and O–H groups in total. The minimum Gasteiger partial charge on any atom is -0.381 e. The number of pyridine rings is 1. The van der Waals surface area contributed by atoms with Crippen LogP contribution >= 0.6 is 0 Å². The summed E-state index contributed by atoms with van der Waals surface area (Å²) in [5.41, 5.74) is 5.76. The van der Waals surface area contributed by atoms with Crippen molar-refractivity contribution in [1.29, 1.82) is 0 Å². The summed E-state index contributed by atoms with van der Waals surface area (Å²) < 4.78 is 47.1. The fourth-order valence-corrected chi connectivity index (χ4v) is 4.37. The van der Waals surface area contributed by atoms with E-state index in [9.17, 15) is 18.0 Å². The van der Waals surface area contributed by atoms with E-state index in [2.05, 4.69) is 21.2 Å². The average Bonchev–Trinajstić information content (AvgIpc) is 2.80. The van der Waals surface area contributed by atoms with Gasteiger partial charge in [-0.25, -0.2) is 9.97 Å². The number of alkyl halides is 3. The molecule has 1 fully saturated rings. The lowest BCUT2D eigenvalue weighted by Gasteiger charge is -2.33. The highest BCUT2D eigenvalue weighted by Crippen LogP contribution is 2.36. The van der Waals surface area contributed by atoms with E-state index in [-0.39, 0.29) is 16.9 Å². The van der Waals surface area contributed by atoms with Crippen molar-refractivity contribution in [2.75, 3.05) is 18.5 Å². The van der Waals surface area contributed by atoms with Crippen molar-refractivity contribution in [1.82, 2.24) is 14.5 Å². The molecule has 4 rings (SSSR count). The average molecular weight is 471 g/mol. The number of anilines is 1. The Kier molecular flexibility index (Phi) is 6.10. The molecular formula is C24H24F3N5O2. The molecule has 0 radical (unpaired) electrons. The lowest BCUT2D eigenvalue weighted by atomic mass is 9.84. The molecule has 34 heavy (non-hydrogen) atoms. The largest absolute Gasteiger partial charge is 0.416 e. The second kappa shape index (κ2) is 8.74. The van der Waals surface area contributed by atoms with Crippen molar-refractivity contribution in [3.8, 4) is 12.3 Å². The maximum absolute atomic E-state index is 13.4. The summed E-state index contributed by atoms with van der Waals surface area (Å²) in [6.07, 6.45) is 3.43. The second-order valence-corrected chi connectivity index (χ2v) is 8.41. The number of rotatable bonds is 4. The Hall–Kier alpha value is -3.42. The first-order valence-corrected chi connectivity index (χ1v) is 10.7. The first-order chi connectivity index (χ1) is 16.1. The van der Waals surface area contributed by atoms with Crippen LogP contribution < -0.4 is 16.6 Å². The van der Waals surface area contributed by atoms with Crippen LogP contribution in [0.5, 0.6) is 0 Å². The smallest absolute Gasteiger partial charge is 0.381 e. The van der Waals surface area contributed by atoms with Crippen molar-refractivity contribution < 1.29 is 17.9 Å². The maximum atomic E-state index is 13.4. The molecule has 0 saturated carbocycles. The van der Waals surface area contributed by atoms with Crippen LogP contribution in [0.1, 0.15) is 41.1 Å². The van der Waals surface area contributed by atoms with E-state index >= 15 is 0 Å². The quantitative estimate of drug-likeness (QED) is 0.567. The van der Waals surface area contributed by atoms with Crippen molar-refractivity contribution in [3.63, 3.8) is 0 Å². The Morgan fingerprint density at radius 2 is 2.00 bits per heavy atom. The fraction of sp³-hybridized carbons (Fsp3) is 0.375. The molecule has 0 aliphatic carbocycles. The topological polar surface area (TPSA) is 95.1 Å². The highest BCUT2D eigenvalue weighted by Gasteiger charge is 2.35. The number of halogens is 3. The van der Waals surface area contributed by atoms with Crippen LogP contribution in [0.4, 0.5) is 19.0 Å². The zero-order valence-corrected chi connectivity index (χ0v) is 18.7. The van der Waals surface area contributed by atoms with E-state index in [0.717, 1.165) is 6.07 Å². The number of hydrogen-bond acceptors (Lipinski definition) is 6. The van der Waals surface area contributed by atoms with Crippen molar-refractivity contribution in [2.45, 2.75) is 37.5 Å². The van der Waals surface area contributed by atoms with Crippen LogP contribution in [-0.2, 0) is 23.5 Å². The van der Waals surface area contributed by atoms with E-state index in [0.29, 0.717) is 48.2 Å². The Labute approximate surface area is 194 Å². The molecule has 1 atom stereocenters. The van der Waals surface area contributed by atoms with E-state index in [1.807, 2.05) is 0 Å². The van der Waals surface area contributed by atoms with Gasteiger partial charge in [0.1, 0.15) is 23.8 Å². The van der Waals surface area contributed by atoms with Gasteiger partial charge in [-0.1, -0.05) is 18.1 Å². The predicted molar refractivity (Wildman–Crippen MR) is 122 cm³/mol. The monoisotopic (exact) mass is 471 g/mol. The van der Waals surface area contributed by atoms with E-state index in [1.54, 1.807) is 19.2 Å². The van der Waals surface area contributed by atoms with Gasteiger partial charge in [-0.05, 0) is 43.0 Å². The fourth-order valence-electron chi connectivity index (χ4n) is 4.37. The highest BCUT2D eigenvalue weighted by atomic mass is 19.4. The molecule has 2 aromatic heterocycles. The van der Waals surface area contributed by atoms with Crippen LogP contribution in [0, 0.1) is 19.3 Å². The lowest BCUT2D eigenvalue weighted by molar-refractivity contribution is -0.138. The van der Waals surface area contributed by atoms with Gasteiger partial charge in [-0.2, -0.15) is 13.2 Å². The molecule has 0 bridgehead atoms. The van der Waals surface area contributed by atoms with Gasteiger partial charge in [0, 0.05) is 25.8 Å². The predicted octanol–water partition coefficient (Wildman–Crippen LogP) is 3.41. The molecule has 1 aliphatic heterocycles. The number of nitrogens with two attached hydrogens (primary N) is 1. The number of terminal acetylenes is 1. The summed E-state index contributed by atoms with van der Waals surface area (Å²) in [5, 5.41) is 3.55. The van der Waals surface area contributed by atoms with Gasteiger partial charge in [0.15, 0.2) is 0 Å². The van der Waals surface area contributed by atoms with Crippen LogP contribution in [0.2, 0.25) is 0 Å². The Bertz CT molecular complexity index is 1340. The summed E-state index contributed by atoms with van der Waals surface area (Å²) in [4.78, 5) is 21.6. The number of fused-ring (bicyclic) bond motifs is 1. The Balaban J connectivity index is 1.83. The highest BCUT2D eigenvalue weighted by molar-refractivity contribution is 5.87. The van der Waals surface area contributed by atoms with Gasteiger partial charge in [-0.3, -0.25) is 9.36 Å². The second-order valence-electron chi connectivity index (χ2n) is 8.41. The zero-order chi connectivity index (χ0) is 24.7. The molecule has 1 aliphatic rings. The van der Waals surface area contributed by atoms with E-state index < -0.39 is 23.3 Å². The normalized spacial score (nSPS) is 16.7. The minimum atomic E-state index is -4.51. The first kappa shape index (κ1) is 23.7. The van der Waals surface area contributed by atoms with Crippen LogP contribution in [-0.4, -0.2) is 27.7 Å². The van der Waals surface area contributed by atoms with Gasteiger partial charge >= 0.3 is 6.18 Å². The van der Waals surface area contributed by atoms with Gasteiger partial charge in [-0.15, -0.1) is 6.42 Å². The number of hydrogen-bond donors (Lipinski definition) is 2. The van der Waals surface area contributed by atoms with Gasteiger partial charge < -0.3 is 15.8 Å². The lowest BCUT2D eigenvalue weighted by Crippen LogP contribution is -2.46. The molecule has 10 heteroatoms. The minimum absolute atomic E-state index is 0.0278. The summed E-state index contributed by atoms with van der Waals surface area (Å²) in [6.45, 7) is 2.25. The van der Waals surface area contributed by atoms with Gasteiger partial charge in [0.2, 0.25) is 0 Å². The molecule has 1 aromatic carbocycles. The SMILES string of the molecule is C#C[C@@H](Nc1ncnc2c1cc(C1(N)CCOCC1)c(=O)n2C)c1cccc(C(F)(F)F)c1C. The van der Waals surface area contributed by atoms with Crippen molar-refractivity contribution in [3.05, 3.63) is 63.2 Å². The summed E-state index contributed by atoms with van der Waals surface area (Å²) in [6, 6.07) is 4.63. The van der Waals surface area contributed by atoms with Crippen LogP contribution in [0.15, 0.2) is 35.4 Å².